The van der Waals surface area contributed by atoms with E-state index in [9.17, 15) is 19.8 Å². The van der Waals surface area contributed by atoms with Crippen molar-refractivity contribution in [3.63, 3.8) is 0 Å². The molecular weight excluding hydrogens is 392 g/mol. The van der Waals surface area contributed by atoms with Crippen molar-refractivity contribution in [2.45, 2.75) is 41.0 Å². The summed E-state index contributed by atoms with van der Waals surface area (Å²) in [5.41, 5.74) is 3.67. The Morgan fingerprint density at radius 2 is 1.94 bits per heavy atom. The summed E-state index contributed by atoms with van der Waals surface area (Å²) in [4.78, 5) is 27.8. The van der Waals surface area contributed by atoms with Crippen molar-refractivity contribution in [2.24, 2.45) is 5.41 Å². The zero-order chi connectivity index (χ0) is 23.2. The fraction of sp³-hybridized carbons (Fsp3) is 0.320. The van der Waals surface area contributed by atoms with Crippen LogP contribution in [-0.4, -0.2) is 33.6 Å². The van der Waals surface area contributed by atoms with E-state index in [0.717, 1.165) is 17.6 Å². The summed E-state index contributed by atoms with van der Waals surface area (Å²) >= 11 is 0. The Balaban J connectivity index is 2.36. The molecule has 1 aromatic carbocycles. The van der Waals surface area contributed by atoms with Gasteiger partial charge in [0.25, 0.3) is 5.91 Å². The number of nitrogens with zero attached hydrogens (tertiary/aromatic N) is 1. The molecule has 0 saturated heterocycles. The number of carboxylic acids is 1. The monoisotopic (exact) mass is 422 g/mol. The fourth-order valence-corrected chi connectivity index (χ4v) is 2.82. The maximum Gasteiger partial charge on any atom is 0.310 e. The lowest BCUT2D eigenvalue weighted by Crippen LogP contribution is -2.39. The van der Waals surface area contributed by atoms with E-state index in [0.29, 0.717) is 5.56 Å². The number of pyridine rings is 1. The van der Waals surface area contributed by atoms with E-state index in [4.69, 9.17) is 0 Å². The molecular formula is C25H30N2O4. The normalized spacial score (nSPS) is 12.2. The summed E-state index contributed by atoms with van der Waals surface area (Å²) in [7, 11) is 0. The fourth-order valence-electron chi connectivity index (χ4n) is 2.82. The molecule has 1 amide bonds. The summed E-state index contributed by atoms with van der Waals surface area (Å²) in [5, 5.41) is 22.2. The molecule has 164 valence electrons. The number of rotatable bonds is 8. The minimum Gasteiger partial charge on any atom is -0.505 e. The summed E-state index contributed by atoms with van der Waals surface area (Å²) in [6.07, 6.45) is 8.40. The maximum atomic E-state index is 12.4. The lowest BCUT2D eigenvalue weighted by Gasteiger charge is -2.19. The van der Waals surface area contributed by atoms with E-state index in [1.54, 1.807) is 0 Å². The summed E-state index contributed by atoms with van der Waals surface area (Å²) in [6.45, 7) is 9.09. The number of carbonyl (C=O) groups is 2. The van der Waals surface area contributed by atoms with Gasteiger partial charge >= 0.3 is 5.97 Å². The van der Waals surface area contributed by atoms with Crippen molar-refractivity contribution in [3.8, 4) is 5.75 Å². The highest BCUT2D eigenvalue weighted by molar-refractivity contribution is 5.96. The van der Waals surface area contributed by atoms with Crippen molar-refractivity contribution < 1.29 is 19.8 Å². The lowest BCUT2D eigenvalue weighted by molar-refractivity contribution is -0.146. The third kappa shape index (κ3) is 6.04. The summed E-state index contributed by atoms with van der Waals surface area (Å²) < 4.78 is 0. The number of carbonyl (C=O) groups excluding carboxylic acids is 1. The maximum absolute atomic E-state index is 12.4. The Hall–Kier alpha value is -3.41. The van der Waals surface area contributed by atoms with E-state index >= 15 is 0 Å². The lowest BCUT2D eigenvalue weighted by atomic mass is 9.94. The van der Waals surface area contributed by atoms with Crippen molar-refractivity contribution in [2.75, 3.05) is 6.54 Å². The molecule has 6 nitrogen and oxygen atoms in total. The number of nitrogens with one attached hydrogen (secondary N) is 1. The van der Waals surface area contributed by atoms with Gasteiger partial charge in [-0.1, -0.05) is 37.3 Å². The van der Waals surface area contributed by atoms with Gasteiger partial charge in [-0.25, -0.2) is 4.98 Å². The number of hydrogen-bond acceptors (Lipinski definition) is 4. The van der Waals surface area contributed by atoms with Gasteiger partial charge in [-0.05, 0) is 68.5 Å². The number of amides is 1. The second-order valence-electron chi connectivity index (χ2n) is 8.16. The van der Waals surface area contributed by atoms with Crippen LogP contribution in [0.25, 0.3) is 11.6 Å². The Bertz CT molecular complexity index is 1040. The average molecular weight is 423 g/mol. The van der Waals surface area contributed by atoms with E-state index in [-0.39, 0.29) is 18.0 Å². The van der Waals surface area contributed by atoms with Gasteiger partial charge in [0.15, 0.2) is 5.69 Å². The van der Waals surface area contributed by atoms with Crippen LogP contribution < -0.4 is 5.32 Å². The van der Waals surface area contributed by atoms with Crippen LogP contribution >= 0.6 is 0 Å². The topological polar surface area (TPSA) is 99.5 Å². The number of benzene rings is 1. The number of aromatic hydroxyl groups is 1. The number of aromatic nitrogens is 1. The summed E-state index contributed by atoms with van der Waals surface area (Å²) in [5.74, 6) is -1.91. The summed E-state index contributed by atoms with van der Waals surface area (Å²) in [6, 6.07) is 7.58. The van der Waals surface area contributed by atoms with Crippen LogP contribution in [0, 0.1) is 19.3 Å². The minimum atomic E-state index is -1.13. The molecule has 0 atom stereocenters. The van der Waals surface area contributed by atoms with Crippen LogP contribution in [0.15, 0.2) is 42.6 Å². The molecule has 0 aliphatic rings. The molecule has 0 bridgehead atoms. The quantitative estimate of drug-likeness (QED) is 0.533. The highest BCUT2D eigenvalue weighted by Crippen LogP contribution is 2.26. The first-order valence-corrected chi connectivity index (χ1v) is 10.2. The Labute approximate surface area is 183 Å². The standard InChI is InChI=1S/C25H30N2O4/c1-6-7-10-19(12-18-11-8-9-16(2)17(18)3)20-13-21(28)22(26-14-20)23(29)27-15-25(4,5)24(30)31/h7-14,28H,6,15H2,1-5H3,(H,27,29)(H,30,31)/b10-7+,19-12+. The van der Waals surface area contributed by atoms with Gasteiger partial charge < -0.3 is 15.5 Å². The van der Waals surface area contributed by atoms with Crippen LogP contribution in [0.3, 0.4) is 0 Å². The molecule has 0 aliphatic heterocycles. The minimum absolute atomic E-state index is 0.0823. The van der Waals surface area contributed by atoms with E-state index < -0.39 is 17.3 Å². The molecule has 2 rings (SSSR count). The second-order valence-corrected chi connectivity index (χ2v) is 8.16. The third-order valence-electron chi connectivity index (χ3n) is 5.18. The van der Waals surface area contributed by atoms with Gasteiger partial charge in [-0.15, -0.1) is 0 Å². The molecule has 0 saturated carbocycles. The molecule has 1 heterocycles. The van der Waals surface area contributed by atoms with Crippen molar-refractivity contribution in [1.82, 2.24) is 10.3 Å². The highest BCUT2D eigenvalue weighted by atomic mass is 16.4. The zero-order valence-corrected chi connectivity index (χ0v) is 18.7. The predicted molar refractivity (Wildman–Crippen MR) is 123 cm³/mol. The number of aryl methyl sites for hydroxylation is 1. The number of carboxylic acid groups (broad SMARTS) is 1. The van der Waals surface area contributed by atoms with Gasteiger partial charge in [0, 0.05) is 18.3 Å². The molecule has 0 radical (unpaired) electrons. The van der Waals surface area contributed by atoms with E-state index in [1.807, 2.05) is 37.3 Å². The predicted octanol–water partition coefficient (Wildman–Crippen LogP) is 4.75. The first-order chi connectivity index (χ1) is 14.6. The van der Waals surface area contributed by atoms with Gasteiger partial charge in [0.05, 0.1) is 5.41 Å². The number of aliphatic carboxylic acids is 1. The third-order valence-corrected chi connectivity index (χ3v) is 5.18. The van der Waals surface area contributed by atoms with Gasteiger partial charge in [-0.2, -0.15) is 0 Å². The molecule has 3 N–H and O–H groups in total. The molecule has 0 aliphatic carbocycles. The highest BCUT2D eigenvalue weighted by Gasteiger charge is 2.28. The van der Waals surface area contributed by atoms with Crippen LogP contribution in [0.5, 0.6) is 5.75 Å². The van der Waals surface area contributed by atoms with Crippen molar-refractivity contribution in [3.05, 3.63) is 70.6 Å². The molecule has 6 heteroatoms. The van der Waals surface area contributed by atoms with Crippen molar-refractivity contribution >= 4 is 23.5 Å². The molecule has 0 unspecified atom stereocenters. The molecule has 2 aromatic rings. The average Bonchev–Trinajstić information content (AvgIpc) is 2.72. The second kappa shape index (κ2) is 10.1. The largest absolute Gasteiger partial charge is 0.505 e. The first kappa shape index (κ1) is 23.9. The smallest absolute Gasteiger partial charge is 0.310 e. The van der Waals surface area contributed by atoms with Crippen LogP contribution in [0.1, 0.15) is 59.9 Å². The van der Waals surface area contributed by atoms with Gasteiger partial charge in [-0.3, -0.25) is 9.59 Å². The molecule has 31 heavy (non-hydrogen) atoms. The van der Waals surface area contributed by atoms with Crippen molar-refractivity contribution in [1.29, 1.82) is 0 Å². The first-order valence-electron chi connectivity index (χ1n) is 10.2. The van der Waals surface area contributed by atoms with Crippen LogP contribution in [0.4, 0.5) is 0 Å². The van der Waals surface area contributed by atoms with Gasteiger partial charge in [0.1, 0.15) is 5.75 Å². The van der Waals surface area contributed by atoms with E-state index in [2.05, 4.69) is 30.2 Å². The Kier molecular flexibility index (Phi) is 7.75. The Morgan fingerprint density at radius 1 is 1.23 bits per heavy atom. The molecule has 0 spiro atoms. The van der Waals surface area contributed by atoms with Crippen LogP contribution in [0.2, 0.25) is 0 Å². The number of hydrogen-bond donors (Lipinski definition) is 3. The molecule has 0 fully saturated rings. The SMILES string of the molecule is CC/C=C/C(=C\c1cccc(C)c1C)c1cnc(C(=O)NCC(C)(C)C(=O)O)c(O)c1. The number of allylic oxidation sites excluding steroid dienone is 3. The Morgan fingerprint density at radius 3 is 2.55 bits per heavy atom. The molecule has 1 aromatic heterocycles. The zero-order valence-electron chi connectivity index (χ0n) is 18.7. The van der Waals surface area contributed by atoms with Crippen LogP contribution in [-0.2, 0) is 4.79 Å². The van der Waals surface area contributed by atoms with Gasteiger partial charge in [0.2, 0.25) is 0 Å². The van der Waals surface area contributed by atoms with E-state index in [1.165, 1.54) is 37.2 Å².